The average Bonchev–Trinajstić information content (AvgIpc) is 2.73. The Balaban J connectivity index is 2.52. The highest BCUT2D eigenvalue weighted by Crippen LogP contribution is 2.26. The van der Waals surface area contributed by atoms with Crippen LogP contribution in [0.1, 0.15) is 34.0 Å². The number of aromatic nitrogens is 2. The predicted octanol–water partition coefficient (Wildman–Crippen LogP) is 1.90. The summed E-state index contributed by atoms with van der Waals surface area (Å²) in [6.07, 6.45) is 1.79. The van der Waals surface area contributed by atoms with Gasteiger partial charge in [0.05, 0.1) is 11.7 Å². The molecular weight excluding hydrogens is 224 g/mol. The Morgan fingerprint density at radius 1 is 1.17 bits per heavy atom. The summed E-state index contributed by atoms with van der Waals surface area (Å²) in [6, 6.07) is 6.35. The van der Waals surface area contributed by atoms with Crippen LogP contribution >= 0.6 is 0 Å². The van der Waals surface area contributed by atoms with Gasteiger partial charge in [-0.2, -0.15) is 5.10 Å². The molecule has 1 heterocycles. The van der Waals surface area contributed by atoms with E-state index in [4.69, 9.17) is 5.84 Å². The predicted molar refractivity (Wildman–Crippen MR) is 73.0 cm³/mol. The van der Waals surface area contributed by atoms with Crippen LogP contribution in [0.5, 0.6) is 0 Å². The zero-order valence-electron chi connectivity index (χ0n) is 11.4. The van der Waals surface area contributed by atoms with Crippen LogP contribution in [0.2, 0.25) is 0 Å². The number of nitrogens with two attached hydrogens (primary N) is 1. The minimum absolute atomic E-state index is 0.0307. The van der Waals surface area contributed by atoms with E-state index in [0.29, 0.717) is 0 Å². The summed E-state index contributed by atoms with van der Waals surface area (Å²) in [5.74, 6) is 5.73. The first kappa shape index (κ1) is 12.8. The first-order valence-electron chi connectivity index (χ1n) is 6.06. The summed E-state index contributed by atoms with van der Waals surface area (Å²) in [5.41, 5.74) is 8.96. The molecule has 2 rings (SSSR count). The van der Waals surface area contributed by atoms with E-state index in [0.717, 1.165) is 5.69 Å². The number of hydrazine groups is 1. The maximum atomic E-state index is 5.73. The highest BCUT2D eigenvalue weighted by Gasteiger charge is 2.18. The van der Waals surface area contributed by atoms with E-state index in [1.807, 2.05) is 17.8 Å². The van der Waals surface area contributed by atoms with Crippen LogP contribution < -0.4 is 11.3 Å². The third-order valence-electron chi connectivity index (χ3n) is 3.51. The lowest BCUT2D eigenvalue weighted by atomic mass is 9.94. The molecule has 0 aliphatic heterocycles. The van der Waals surface area contributed by atoms with Gasteiger partial charge in [-0.3, -0.25) is 10.5 Å². The lowest BCUT2D eigenvalue weighted by Crippen LogP contribution is -2.31. The Hall–Kier alpha value is -1.65. The molecule has 2 aromatic rings. The van der Waals surface area contributed by atoms with Crippen molar-refractivity contribution in [1.29, 1.82) is 0 Å². The van der Waals surface area contributed by atoms with E-state index in [2.05, 4.69) is 43.4 Å². The quantitative estimate of drug-likeness (QED) is 0.640. The van der Waals surface area contributed by atoms with E-state index >= 15 is 0 Å². The Bertz CT molecular complexity index is 557. The zero-order chi connectivity index (χ0) is 13.3. The van der Waals surface area contributed by atoms with E-state index in [1.165, 1.54) is 22.3 Å². The van der Waals surface area contributed by atoms with E-state index in [9.17, 15) is 0 Å². The molecule has 0 aliphatic rings. The van der Waals surface area contributed by atoms with E-state index in [-0.39, 0.29) is 6.04 Å². The van der Waals surface area contributed by atoms with Crippen LogP contribution in [-0.4, -0.2) is 9.78 Å². The molecule has 0 amide bonds. The highest BCUT2D eigenvalue weighted by molar-refractivity contribution is 5.41. The fourth-order valence-electron chi connectivity index (χ4n) is 2.30. The van der Waals surface area contributed by atoms with Crippen molar-refractivity contribution in [3.8, 4) is 0 Å². The second-order valence-corrected chi connectivity index (χ2v) is 4.77. The lowest BCUT2D eigenvalue weighted by Gasteiger charge is -2.20. The smallest absolute Gasteiger partial charge is 0.0880 e. The summed E-state index contributed by atoms with van der Waals surface area (Å²) in [4.78, 5) is 0. The molecule has 1 aromatic heterocycles. The van der Waals surface area contributed by atoms with Gasteiger partial charge in [0.1, 0.15) is 0 Å². The van der Waals surface area contributed by atoms with Crippen molar-refractivity contribution in [3.05, 3.63) is 52.3 Å². The van der Waals surface area contributed by atoms with Crippen LogP contribution in [0, 0.1) is 20.8 Å². The number of rotatable bonds is 3. The van der Waals surface area contributed by atoms with Crippen molar-refractivity contribution in [3.63, 3.8) is 0 Å². The molecule has 0 aliphatic carbocycles. The van der Waals surface area contributed by atoms with Gasteiger partial charge in [-0.15, -0.1) is 0 Å². The normalized spacial score (nSPS) is 12.7. The third-order valence-corrected chi connectivity index (χ3v) is 3.51. The van der Waals surface area contributed by atoms with Crippen LogP contribution in [0.15, 0.2) is 24.4 Å². The summed E-state index contributed by atoms with van der Waals surface area (Å²) in [6.45, 7) is 6.36. The van der Waals surface area contributed by atoms with Crippen LogP contribution in [0.25, 0.3) is 0 Å². The van der Waals surface area contributed by atoms with Gasteiger partial charge in [-0.05, 0) is 49.1 Å². The van der Waals surface area contributed by atoms with E-state index < -0.39 is 0 Å². The summed E-state index contributed by atoms with van der Waals surface area (Å²) in [5, 5.41) is 4.20. The standard InChI is InChI=1S/C14H20N4/c1-9-7-11(3)12(8-10(9)2)14(17-15)13-5-6-16-18(13)4/h5-8,14,17H,15H2,1-4H3. The molecule has 3 N–H and O–H groups in total. The van der Waals surface area contributed by atoms with Crippen molar-refractivity contribution >= 4 is 0 Å². The van der Waals surface area contributed by atoms with E-state index in [1.54, 1.807) is 6.20 Å². The number of hydrogen-bond donors (Lipinski definition) is 2. The van der Waals surface area contributed by atoms with Crippen LogP contribution in [0.4, 0.5) is 0 Å². The molecule has 0 saturated heterocycles. The maximum Gasteiger partial charge on any atom is 0.0880 e. The topological polar surface area (TPSA) is 55.9 Å². The Morgan fingerprint density at radius 3 is 2.39 bits per heavy atom. The molecule has 4 heteroatoms. The second-order valence-electron chi connectivity index (χ2n) is 4.77. The molecule has 0 saturated carbocycles. The first-order chi connectivity index (χ1) is 8.54. The number of benzene rings is 1. The van der Waals surface area contributed by atoms with Crippen molar-refractivity contribution in [1.82, 2.24) is 15.2 Å². The number of nitrogens with zero attached hydrogens (tertiary/aromatic N) is 2. The number of aryl methyl sites for hydroxylation is 4. The van der Waals surface area contributed by atoms with Gasteiger partial charge in [0.25, 0.3) is 0 Å². The molecule has 0 spiro atoms. The van der Waals surface area contributed by atoms with Gasteiger partial charge in [0, 0.05) is 13.2 Å². The SMILES string of the molecule is Cc1cc(C)c(C(NN)c2ccnn2C)cc1C. The van der Waals surface area contributed by atoms with Crippen LogP contribution in [-0.2, 0) is 7.05 Å². The van der Waals surface area contributed by atoms with Crippen molar-refractivity contribution < 1.29 is 0 Å². The number of nitrogens with one attached hydrogen (secondary N) is 1. The minimum Gasteiger partial charge on any atom is -0.271 e. The molecular formula is C14H20N4. The first-order valence-corrected chi connectivity index (χ1v) is 6.06. The van der Waals surface area contributed by atoms with Gasteiger partial charge in [-0.1, -0.05) is 12.1 Å². The van der Waals surface area contributed by atoms with Gasteiger partial charge >= 0.3 is 0 Å². The molecule has 1 unspecified atom stereocenters. The summed E-state index contributed by atoms with van der Waals surface area (Å²) < 4.78 is 1.85. The molecule has 1 aromatic carbocycles. The second kappa shape index (κ2) is 4.92. The largest absolute Gasteiger partial charge is 0.271 e. The van der Waals surface area contributed by atoms with Gasteiger partial charge in [0.2, 0.25) is 0 Å². The summed E-state index contributed by atoms with van der Waals surface area (Å²) >= 11 is 0. The van der Waals surface area contributed by atoms with Crippen molar-refractivity contribution in [2.45, 2.75) is 26.8 Å². The average molecular weight is 244 g/mol. The lowest BCUT2D eigenvalue weighted by molar-refractivity contribution is 0.572. The molecule has 96 valence electrons. The van der Waals surface area contributed by atoms with Gasteiger partial charge in [-0.25, -0.2) is 5.43 Å². The number of hydrogen-bond acceptors (Lipinski definition) is 3. The van der Waals surface area contributed by atoms with Gasteiger partial charge in [0.15, 0.2) is 0 Å². The van der Waals surface area contributed by atoms with Crippen molar-refractivity contribution in [2.75, 3.05) is 0 Å². The summed E-state index contributed by atoms with van der Waals surface area (Å²) in [7, 11) is 1.93. The zero-order valence-corrected chi connectivity index (χ0v) is 11.4. The Labute approximate surface area is 108 Å². The monoisotopic (exact) mass is 244 g/mol. The highest BCUT2D eigenvalue weighted by atomic mass is 15.3. The maximum absolute atomic E-state index is 5.73. The molecule has 18 heavy (non-hydrogen) atoms. The van der Waals surface area contributed by atoms with Crippen molar-refractivity contribution in [2.24, 2.45) is 12.9 Å². The molecule has 4 nitrogen and oxygen atoms in total. The third kappa shape index (κ3) is 2.17. The molecule has 0 radical (unpaired) electrons. The fourth-order valence-corrected chi connectivity index (χ4v) is 2.30. The van der Waals surface area contributed by atoms with Gasteiger partial charge < -0.3 is 0 Å². The fraction of sp³-hybridized carbons (Fsp3) is 0.357. The molecule has 1 atom stereocenters. The molecule has 0 bridgehead atoms. The van der Waals surface area contributed by atoms with Crippen LogP contribution in [0.3, 0.4) is 0 Å². The minimum atomic E-state index is -0.0307. The Kier molecular flexibility index (Phi) is 3.50. The molecule has 0 fully saturated rings. The Morgan fingerprint density at radius 2 is 1.83 bits per heavy atom.